The molecule has 136 valence electrons. The third kappa shape index (κ3) is 4.73. The Labute approximate surface area is 171 Å². The van der Waals surface area contributed by atoms with Gasteiger partial charge in [-0.05, 0) is 77.4 Å². The number of nitrogens with one attached hydrogen (secondary N) is 2. The van der Waals surface area contributed by atoms with Crippen LogP contribution in [0.25, 0.3) is 6.08 Å². The highest BCUT2D eigenvalue weighted by atomic mass is 127. The van der Waals surface area contributed by atoms with Crippen LogP contribution in [0.15, 0.2) is 47.4 Å². The van der Waals surface area contributed by atoms with Gasteiger partial charge in [0.15, 0.2) is 5.50 Å². The average molecular weight is 480 g/mol. The number of hydrogen-bond donors (Lipinski definition) is 2. The number of thioether (sulfide) groups is 1. The summed E-state index contributed by atoms with van der Waals surface area (Å²) >= 11 is 3.75. The Morgan fingerprint density at radius 1 is 1.23 bits per heavy atom. The lowest BCUT2D eigenvalue weighted by molar-refractivity contribution is -0.116. The van der Waals surface area contributed by atoms with Gasteiger partial charge in [-0.3, -0.25) is 4.79 Å². The second kappa shape index (κ2) is 8.81. The molecule has 26 heavy (non-hydrogen) atoms. The number of carbonyl (C=O) groups is 1. The first kappa shape index (κ1) is 19.1. The number of hydrogen-bond acceptors (Lipinski definition) is 4. The molecule has 2 N–H and O–H groups in total. The maximum atomic E-state index is 12.3. The van der Waals surface area contributed by atoms with Crippen LogP contribution < -0.4 is 15.4 Å². The average Bonchev–Trinajstić information content (AvgIpc) is 2.97. The van der Waals surface area contributed by atoms with E-state index in [0.717, 1.165) is 27.0 Å². The van der Waals surface area contributed by atoms with Crippen molar-refractivity contribution in [3.05, 3.63) is 62.1 Å². The molecule has 1 fully saturated rings. The maximum Gasteiger partial charge on any atom is 0.260 e. The Kier molecular flexibility index (Phi) is 6.48. The predicted molar refractivity (Wildman–Crippen MR) is 117 cm³/mol. The molecule has 0 saturated carbocycles. The molecule has 2 aromatic rings. The number of rotatable bonds is 6. The van der Waals surface area contributed by atoms with E-state index in [2.05, 4.69) is 52.3 Å². The smallest absolute Gasteiger partial charge is 0.260 e. The standard InChI is InChI=1S/C20H21IN2O2S/c1-3-13-5-8-15(9-6-13)22-20-23-19(24)18(26-20)12-14-7-10-17(25-4-2)16(21)11-14/h5-12,20,22H,3-4H2,1-2H3,(H,23,24)/b18-12-/t20-/m1/s1. The normalized spacial score (nSPS) is 18.0. The molecule has 0 spiro atoms. The van der Waals surface area contributed by atoms with E-state index in [-0.39, 0.29) is 11.4 Å². The van der Waals surface area contributed by atoms with Gasteiger partial charge in [0, 0.05) is 5.69 Å². The first-order valence-corrected chi connectivity index (χ1v) is 10.5. The zero-order valence-electron chi connectivity index (χ0n) is 14.7. The Hall–Kier alpha value is -1.67. The summed E-state index contributed by atoms with van der Waals surface area (Å²) in [5, 5.41) is 6.31. The van der Waals surface area contributed by atoms with Crippen LogP contribution in [0.5, 0.6) is 5.75 Å². The first-order chi connectivity index (χ1) is 12.6. The molecule has 4 nitrogen and oxygen atoms in total. The van der Waals surface area contributed by atoms with Crippen LogP contribution in [0.2, 0.25) is 0 Å². The van der Waals surface area contributed by atoms with Crippen molar-refractivity contribution in [2.45, 2.75) is 25.8 Å². The van der Waals surface area contributed by atoms with E-state index >= 15 is 0 Å². The van der Waals surface area contributed by atoms with E-state index < -0.39 is 0 Å². The largest absolute Gasteiger partial charge is 0.493 e. The number of ether oxygens (including phenoxy) is 1. The molecule has 6 heteroatoms. The lowest BCUT2D eigenvalue weighted by Crippen LogP contribution is -2.30. The predicted octanol–water partition coefficient (Wildman–Crippen LogP) is 4.85. The molecule has 2 aromatic carbocycles. The van der Waals surface area contributed by atoms with Gasteiger partial charge < -0.3 is 15.4 Å². The van der Waals surface area contributed by atoms with Crippen LogP contribution in [0.3, 0.4) is 0 Å². The highest BCUT2D eigenvalue weighted by molar-refractivity contribution is 14.1. The van der Waals surface area contributed by atoms with E-state index in [1.165, 1.54) is 17.3 Å². The molecule has 1 saturated heterocycles. The van der Waals surface area contributed by atoms with Crippen LogP contribution in [0, 0.1) is 3.57 Å². The van der Waals surface area contributed by atoms with Gasteiger partial charge in [-0.15, -0.1) is 0 Å². The van der Waals surface area contributed by atoms with E-state index in [1.54, 1.807) is 0 Å². The molecular formula is C20H21IN2O2S. The molecule has 0 unspecified atom stereocenters. The SMILES string of the molecule is CCOc1ccc(/C=C2\S[C@H](Nc3ccc(CC)cc3)NC2=O)cc1I. The molecule has 1 aliphatic heterocycles. The van der Waals surface area contributed by atoms with Crippen molar-refractivity contribution >= 4 is 52.0 Å². The van der Waals surface area contributed by atoms with Gasteiger partial charge in [-0.1, -0.05) is 36.9 Å². The second-order valence-electron chi connectivity index (χ2n) is 5.80. The molecule has 0 aliphatic carbocycles. The lowest BCUT2D eigenvalue weighted by atomic mass is 10.1. The summed E-state index contributed by atoms with van der Waals surface area (Å²) in [5.41, 5.74) is 3.12. The Morgan fingerprint density at radius 3 is 2.65 bits per heavy atom. The fraction of sp³-hybridized carbons (Fsp3) is 0.250. The molecule has 0 radical (unpaired) electrons. The van der Waals surface area contributed by atoms with Crippen molar-refractivity contribution in [3.63, 3.8) is 0 Å². The fourth-order valence-corrected chi connectivity index (χ4v) is 4.26. The van der Waals surface area contributed by atoms with E-state index in [9.17, 15) is 4.79 Å². The van der Waals surface area contributed by atoms with Crippen molar-refractivity contribution in [2.24, 2.45) is 0 Å². The number of halogens is 1. The number of benzene rings is 2. The monoisotopic (exact) mass is 480 g/mol. The zero-order valence-corrected chi connectivity index (χ0v) is 17.7. The van der Waals surface area contributed by atoms with Crippen LogP contribution in [0.1, 0.15) is 25.0 Å². The highest BCUT2D eigenvalue weighted by Gasteiger charge is 2.27. The molecule has 1 atom stereocenters. The van der Waals surface area contributed by atoms with Crippen LogP contribution in [-0.4, -0.2) is 18.0 Å². The molecule has 1 heterocycles. The number of amides is 1. The Balaban J connectivity index is 1.68. The minimum absolute atomic E-state index is 0.0541. The lowest BCUT2D eigenvalue weighted by Gasteiger charge is -2.12. The fourth-order valence-electron chi connectivity index (χ4n) is 2.58. The molecule has 1 aliphatic rings. The summed E-state index contributed by atoms with van der Waals surface area (Å²) in [6, 6.07) is 14.2. The summed E-state index contributed by atoms with van der Waals surface area (Å²) in [7, 11) is 0. The van der Waals surface area contributed by atoms with Gasteiger partial charge in [-0.25, -0.2) is 0 Å². The van der Waals surface area contributed by atoms with Crippen molar-refractivity contribution in [1.29, 1.82) is 0 Å². The molecule has 1 amide bonds. The van der Waals surface area contributed by atoms with Gasteiger partial charge in [0.2, 0.25) is 0 Å². The van der Waals surface area contributed by atoms with Gasteiger partial charge in [0.05, 0.1) is 15.1 Å². The van der Waals surface area contributed by atoms with E-state index in [4.69, 9.17) is 4.74 Å². The van der Waals surface area contributed by atoms with Crippen LogP contribution in [-0.2, 0) is 11.2 Å². The van der Waals surface area contributed by atoms with Crippen LogP contribution >= 0.6 is 34.4 Å². The van der Waals surface area contributed by atoms with Crippen LogP contribution in [0.4, 0.5) is 5.69 Å². The summed E-state index contributed by atoms with van der Waals surface area (Å²) in [5.74, 6) is 0.815. The maximum absolute atomic E-state index is 12.3. The Morgan fingerprint density at radius 2 is 2.00 bits per heavy atom. The van der Waals surface area contributed by atoms with Gasteiger partial charge in [-0.2, -0.15) is 0 Å². The van der Waals surface area contributed by atoms with Crippen molar-refractivity contribution in [3.8, 4) is 5.75 Å². The molecule has 3 rings (SSSR count). The van der Waals surface area contributed by atoms with Gasteiger partial charge in [0.1, 0.15) is 5.75 Å². The summed E-state index contributed by atoms with van der Waals surface area (Å²) in [6.07, 6.45) is 2.93. The number of anilines is 1. The van der Waals surface area contributed by atoms with E-state index in [1.807, 2.05) is 43.3 Å². The van der Waals surface area contributed by atoms with Gasteiger partial charge >= 0.3 is 0 Å². The minimum Gasteiger partial charge on any atom is -0.493 e. The van der Waals surface area contributed by atoms with Crippen molar-refractivity contribution in [2.75, 3.05) is 11.9 Å². The topological polar surface area (TPSA) is 50.4 Å². The summed E-state index contributed by atoms with van der Waals surface area (Å²) < 4.78 is 6.60. The summed E-state index contributed by atoms with van der Waals surface area (Å²) in [6.45, 7) is 4.74. The van der Waals surface area contributed by atoms with Crippen molar-refractivity contribution < 1.29 is 9.53 Å². The minimum atomic E-state index is -0.164. The number of carbonyl (C=O) groups excluding carboxylic acids is 1. The third-order valence-electron chi connectivity index (χ3n) is 3.94. The summed E-state index contributed by atoms with van der Waals surface area (Å²) in [4.78, 5) is 13.0. The molecule has 0 aromatic heterocycles. The van der Waals surface area contributed by atoms with Gasteiger partial charge in [0.25, 0.3) is 5.91 Å². The first-order valence-electron chi connectivity index (χ1n) is 8.56. The molecule has 0 bridgehead atoms. The quantitative estimate of drug-likeness (QED) is 0.459. The van der Waals surface area contributed by atoms with E-state index in [0.29, 0.717) is 11.5 Å². The number of aryl methyl sites for hydroxylation is 1. The third-order valence-corrected chi connectivity index (χ3v) is 5.82. The van der Waals surface area contributed by atoms with Crippen molar-refractivity contribution in [1.82, 2.24) is 5.32 Å². The Bertz CT molecular complexity index is 821. The highest BCUT2D eigenvalue weighted by Crippen LogP contribution is 2.31. The zero-order chi connectivity index (χ0) is 18.5. The molecular weight excluding hydrogens is 459 g/mol. The second-order valence-corrected chi connectivity index (χ2v) is 8.11.